The van der Waals surface area contributed by atoms with E-state index < -0.39 is 30.1 Å². The van der Waals surface area contributed by atoms with Gasteiger partial charge < -0.3 is 19.9 Å². The number of aliphatic hydroxyl groups is 1. The summed E-state index contributed by atoms with van der Waals surface area (Å²) in [5, 5.41) is 11.5. The third-order valence-corrected chi connectivity index (χ3v) is 2.28. The quantitative estimate of drug-likeness (QED) is 0.788. The van der Waals surface area contributed by atoms with Gasteiger partial charge in [0.1, 0.15) is 5.75 Å². The first kappa shape index (κ1) is 16.8. The molecule has 0 saturated carbocycles. The summed E-state index contributed by atoms with van der Waals surface area (Å²) in [5.74, 6) is -2.05. The van der Waals surface area contributed by atoms with Crippen molar-refractivity contribution in [2.24, 2.45) is 0 Å². The fourth-order valence-electron chi connectivity index (χ4n) is 1.32. The predicted octanol–water partition coefficient (Wildman–Crippen LogP) is 0.849. The topological polar surface area (TPSA) is 84.9 Å². The first-order chi connectivity index (χ1) is 9.73. The molecule has 0 aliphatic heterocycles. The van der Waals surface area contributed by atoms with E-state index in [9.17, 15) is 27.9 Å². The molecule has 0 radical (unpaired) electrons. The van der Waals surface area contributed by atoms with E-state index >= 15 is 0 Å². The first-order valence-electron chi connectivity index (χ1n) is 5.63. The molecule has 1 rings (SSSR count). The molecule has 1 atom stereocenters. The van der Waals surface area contributed by atoms with Gasteiger partial charge in [-0.3, -0.25) is 4.79 Å². The third-order valence-electron chi connectivity index (χ3n) is 2.28. The number of carbonyl (C=O) groups excluding carboxylic acids is 2. The van der Waals surface area contributed by atoms with Gasteiger partial charge in [-0.1, -0.05) is 0 Å². The van der Waals surface area contributed by atoms with Crippen molar-refractivity contribution in [1.82, 2.24) is 5.32 Å². The van der Waals surface area contributed by atoms with Gasteiger partial charge in [-0.25, -0.2) is 4.79 Å². The van der Waals surface area contributed by atoms with Crippen molar-refractivity contribution in [3.05, 3.63) is 29.8 Å². The lowest BCUT2D eigenvalue weighted by atomic mass is 10.2. The lowest BCUT2D eigenvalue weighted by Crippen LogP contribution is -2.37. The molecule has 0 saturated heterocycles. The Hall–Kier alpha value is -2.29. The highest BCUT2D eigenvalue weighted by molar-refractivity contribution is 5.94. The molecule has 21 heavy (non-hydrogen) atoms. The molecule has 0 heterocycles. The number of ether oxygens (including phenoxy) is 2. The smallest absolute Gasteiger partial charge is 0.467 e. The molecule has 0 fully saturated rings. The number of amides is 1. The number of halogens is 3. The maximum Gasteiger partial charge on any atom is 0.573 e. The molecule has 6 nitrogen and oxygen atoms in total. The maximum absolute atomic E-state index is 11.9. The SMILES string of the molecule is COC(=O)C(O)CNC(=O)c1ccc(OC(F)(F)F)cc1. The van der Waals surface area contributed by atoms with Crippen molar-refractivity contribution in [2.45, 2.75) is 12.5 Å². The minimum Gasteiger partial charge on any atom is -0.467 e. The van der Waals surface area contributed by atoms with Crippen LogP contribution in [0.15, 0.2) is 24.3 Å². The van der Waals surface area contributed by atoms with Gasteiger partial charge in [0, 0.05) is 5.56 Å². The van der Waals surface area contributed by atoms with Gasteiger partial charge in [0.25, 0.3) is 5.91 Å². The van der Waals surface area contributed by atoms with E-state index in [2.05, 4.69) is 14.8 Å². The molecule has 0 aliphatic rings. The zero-order valence-electron chi connectivity index (χ0n) is 10.8. The monoisotopic (exact) mass is 307 g/mol. The number of hydrogen-bond donors (Lipinski definition) is 2. The summed E-state index contributed by atoms with van der Waals surface area (Å²) in [5.41, 5.74) is 0.0431. The van der Waals surface area contributed by atoms with Crippen LogP contribution in [0.4, 0.5) is 13.2 Å². The van der Waals surface area contributed by atoms with Gasteiger partial charge >= 0.3 is 12.3 Å². The molecule has 1 aromatic carbocycles. The molecule has 0 spiro atoms. The van der Waals surface area contributed by atoms with Crippen LogP contribution in [0.2, 0.25) is 0 Å². The van der Waals surface area contributed by atoms with E-state index in [-0.39, 0.29) is 12.1 Å². The van der Waals surface area contributed by atoms with Crippen LogP contribution in [0.5, 0.6) is 5.75 Å². The first-order valence-corrected chi connectivity index (χ1v) is 5.63. The van der Waals surface area contributed by atoms with Crippen LogP contribution in [-0.4, -0.2) is 43.1 Å². The fourth-order valence-corrected chi connectivity index (χ4v) is 1.32. The van der Waals surface area contributed by atoms with Crippen LogP contribution in [0.25, 0.3) is 0 Å². The van der Waals surface area contributed by atoms with Gasteiger partial charge in [0.15, 0.2) is 6.10 Å². The van der Waals surface area contributed by atoms with Crippen molar-refractivity contribution in [2.75, 3.05) is 13.7 Å². The second-order valence-corrected chi connectivity index (χ2v) is 3.82. The molecule has 0 bridgehead atoms. The number of esters is 1. The Morgan fingerprint density at radius 2 is 1.86 bits per heavy atom. The summed E-state index contributed by atoms with van der Waals surface area (Å²) in [4.78, 5) is 22.5. The molecule has 9 heteroatoms. The van der Waals surface area contributed by atoms with Crippen LogP contribution in [-0.2, 0) is 9.53 Å². The number of benzene rings is 1. The summed E-state index contributed by atoms with van der Waals surface area (Å²) < 4.78 is 43.7. The Labute approximate surface area is 117 Å². The predicted molar refractivity (Wildman–Crippen MR) is 63.5 cm³/mol. The Bertz CT molecular complexity index is 501. The summed E-state index contributed by atoms with van der Waals surface area (Å²) in [6.45, 7) is -0.383. The second kappa shape index (κ2) is 6.93. The van der Waals surface area contributed by atoms with Crippen molar-refractivity contribution in [1.29, 1.82) is 0 Å². The molecule has 2 N–H and O–H groups in total. The van der Waals surface area contributed by atoms with Gasteiger partial charge in [-0.15, -0.1) is 13.2 Å². The van der Waals surface area contributed by atoms with E-state index in [1.54, 1.807) is 0 Å². The van der Waals surface area contributed by atoms with Crippen LogP contribution in [0, 0.1) is 0 Å². The molecule has 1 aromatic rings. The van der Waals surface area contributed by atoms with E-state index in [4.69, 9.17) is 0 Å². The minimum absolute atomic E-state index is 0.0431. The Kier molecular flexibility index (Phi) is 5.53. The van der Waals surface area contributed by atoms with E-state index in [1.807, 2.05) is 0 Å². The summed E-state index contributed by atoms with van der Waals surface area (Å²) in [6.07, 6.45) is -6.33. The lowest BCUT2D eigenvalue weighted by Gasteiger charge is -2.11. The molecule has 116 valence electrons. The lowest BCUT2D eigenvalue weighted by molar-refractivity contribution is -0.274. The Balaban J connectivity index is 2.57. The van der Waals surface area contributed by atoms with Gasteiger partial charge in [-0.05, 0) is 24.3 Å². The van der Waals surface area contributed by atoms with Crippen LogP contribution >= 0.6 is 0 Å². The maximum atomic E-state index is 11.9. The van der Waals surface area contributed by atoms with Crippen molar-refractivity contribution in [3.63, 3.8) is 0 Å². The highest BCUT2D eigenvalue weighted by Crippen LogP contribution is 2.22. The number of methoxy groups -OCH3 is 1. The van der Waals surface area contributed by atoms with Crippen LogP contribution < -0.4 is 10.1 Å². The number of rotatable bonds is 5. The molecule has 1 unspecified atom stereocenters. The average Bonchev–Trinajstić information content (AvgIpc) is 2.42. The van der Waals surface area contributed by atoms with Crippen molar-refractivity contribution in [3.8, 4) is 5.75 Å². The molecular weight excluding hydrogens is 295 g/mol. The third kappa shape index (κ3) is 5.69. The Morgan fingerprint density at radius 1 is 1.29 bits per heavy atom. The number of alkyl halides is 3. The van der Waals surface area contributed by atoms with Gasteiger partial charge in [0.2, 0.25) is 0 Å². The van der Waals surface area contributed by atoms with Crippen LogP contribution in [0.3, 0.4) is 0 Å². The zero-order valence-corrected chi connectivity index (χ0v) is 10.8. The summed E-state index contributed by atoms with van der Waals surface area (Å²) >= 11 is 0. The highest BCUT2D eigenvalue weighted by atomic mass is 19.4. The molecule has 1 amide bonds. The standard InChI is InChI=1S/C12H12F3NO5/c1-20-11(19)9(17)6-16-10(18)7-2-4-8(5-3-7)21-12(13,14)15/h2-5,9,17H,6H2,1H3,(H,16,18). The van der Waals surface area contributed by atoms with Crippen molar-refractivity contribution >= 4 is 11.9 Å². The molecule has 0 aromatic heterocycles. The van der Waals surface area contributed by atoms with E-state index in [0.717, 1.165) is 31.4 Å². The summed E-state index contributed by atoms with van der Waals surface area (Å²) in [7, 11) is 1.08. The van der Waals surface area contributed by atoms with E-state index in [1.165, 1.54) is 0 Å². The zero-order chi connectivity index (χ0) is 16.0. The number of aliphatic hydroxyl groups excluding tert-OH is 1. The number of carbonyl (C=O) groups is 2. The van der Waals surface area contributed by atoms with Gasteiger partial charge in [-0.2, -0.15) is 0 Å². The average molecular weight is 307 g/mol. The minimum atomic E-state index is -4.81. The molecular formula is C12H12F3NO5. The van der Waals surface area contributed by atoms with Crippen LogP contribution in [0.1, 0.15) is 10.4 Å². The van der Waals surface area contributed by atoms with E-state index in [0.29, 0.717) is 0 Å². The number of hydrogen-bond acceptors (Lipinski definition) is 5. The summed E-state index contributed by atoms with van der Waals surface area (Å²) in [6, 6.07) is 4.17. The Morgan fingerprint density at radius 3 is 2.33 bits per heavy atom. The normalized spacial score (nSPS) is 12.4. The fraction of sp³-hybridized carbons (Fsp3) is 0.333. The largest absolute Gasteiger partial charge is 0.573 e. The highest BCUT2D eigenvalue weighted by Gasteiger charge is 2.31. The molecule has 0 aliphatic carbocycles. The number of nitrogens with one attached hydrogen (secondary N) is 1. The second-order valence-electron chi connectivity index (χ2n) is 3.82. The van der Waals surface area contributed by atoms with Crippen molar-refractivity contribution < 1.29 is 37.3 Å². The van der Waals surface area contributed by atoms with Gasteiger partial charge in [0.05, 0.1) is 13.7 Å².